The maximum atomic E-state index is 12.7. The van der Waals surface area contributed by atoms with Gasteiger partial charge in [-0.05, 0) is 48.7 Å². The van der Waals surface area contributed by atoms with Gasteiger partial charge < -0.3 is 5.73 Å². The highest BCUT2D eigenvalue weighted by atomic mass is 79.9. The van der Waals surface area contributed by atoms with E-state index in [1.165, 1.54) is 11.3 Å². The Labute approximate surface area is 120 Å². The Morgan fingerprint density at radius 3 is 2.67 bits per heavy atom. The van der Waals surface area contributed by atoms with E-state index in [4.69, 9.17) is 5.73 Å². The van der Waals surface area contributed by atoms with E-state index in [0.29, 0.717) is 21.8 Å². The van der Waals surface area contributed by atoms with Crippen LogP contribution >= 0.6 is 27.3 Å². The number of hydrogen-bond donors (Lipinski definition) is 1. The van der Waals surface area contributed by atoms with E-state index < -0.39 is 10.0 Å². The number of thiophene rings is 1. The molecule has 2 N–H and O–H groups in total. The zero-order valence-electron chi connectivity index (χ0n) is 10.4. The summed E-state index contributed by atoms with van der Waals surface area (Å²) in [6.45, 7) is 4.90. The molecule has 0 saturated carbocycles. The van der Waals surface area contributed by atoms with Gasteiger partial charge >= 0.3 is 0 Å². The average Bonchev–Trinajstić information content (AvgIpc) is 2.81. The second kappa shape index (κ2) is 4.86. The number of nitrogens with zero attached hydrogens (tertiary/aromatic N) is 1. The van der Waals surface area contributed by atoms with Crippen molar-refractivity contribution < 1.29 is 8.42 Å². The Balaban J connectivity index is 2.45. The van der Waals surface area contributed by atoms with Gasteiger partial charge in [0.2, 0.25) is 10.0 Å². The number of hydrogen-bond acceptors (Lipinski definition) is 4. The van der Waals surface area contributed by atoms with E-state index in [0.717, 1.165) is 17.7 Å². The molecule has 0 radical (unpaired) electrons. The van der Waals surface area contributed by atoms with Gasteiger partial charge in [-0.3, -0.25) is 0 Å². The fourth-order valence-corrected chi connectivity index (χ4v) is 6.68. The molecule has 1 aliphatic heterocycles. The molecular weight excluding hydrogens is 336 g/mol. The minimum atomic E-state index is -3.42. The van der Waals surface area contributed by atoms with Crippen molar-refractivity contribution in [1.29, 1.82) is 0 Å². The van der Waals surface area contributed by atoms with E-state index in [2.05, 4.69) is 15.9 Å². The molecule has 0 unspecified atom stereocenters. The summed E-state index contributed by atoms with van der Waals surface area (Å²) >= 11 is 4.72. The standard InChI is InChI=1S/C11H17BrN2O2S2/c1-11(2)4-3-5-14(11)18(15,16)9-6-8(7-13)17-10(9)12/h6H,3-5,7,13H2,1-2H3. The normalized spacial score (nSPS) is 20.4. The molecule has 0 bridgehead atoms. The summed E-state index contributed by atoms with van der Waals surface area (Å²) in [7, 11) is -3.42. The van der Waals surface area contributed by atoms with Gasteiger partial charge in [0, 0.05) is 23.5 Å². The zero-order chi connectivity index (χ0) is 13.6. The molecule has 1 aliphatic rings. The van der Waals surface area contributed by atoms with E-state index in [1.54, 1.807) is 10.4 Å². The minimum Gasteiger partial charge on any atom is -0.326 e. The van der Waals surface area contributed by atoms with Crippen molar-refractivity contribution in [1.82, 2.24) is 4.31 Å². The summed E-state index contributed by atoms with van der Waals surface area (Å²) in [6.07, 6.45) is 1.81. The van der Waals surface area contributed by atoms with Crippen LogP contribution in [0, 0.1) is 0 Å². The van der Waals surface area contributed by atoms with Crippen LogP contribution in [0.15, 0.2) is 14.7 Å². The zero-order valence-corrected chi connectivity index (χ0v) is 13.7. The molecule has 0 spiro atoms. The smallest absolute Gasteiger partial charge is 0.245 e. The number of nitrogens with two attached hydrogens (primary N) is 1. The van der Waals surface area contributed by atoms with Gasteiger partial charge in [-0.25, -0.2) is 8.42 Å². The van der Waals surface area contributed by atoms with Crippen LogP contribution in [0.2, 0.25) is 0 Å². The van der Waals surface area contributed by atoms with Gasteiger partial charge in [0.05, 0.1) is 3.79 Å². The van der Waals surface area contributed by atoms with Crippen LogP contribution in [0.4, 0.5) is 0 Å². The molecule has 18 heavy (non-hydrogen) atoms. The lowest BCUT2D eigenvalue weighted by Crippen LogP contribution is -2.42. The molecule has 7 heteroatoms. The Morgan fingerprint density at radius 1 is 1.56 bits per heavy atom. The molecule has 2 heterocycles. The third-order valence-corrected chi connectivity index (χ3v) is 7.69. The summed E-state index contributed by atoms with van der Waals surface area (Å²) in [4.78, 5) is 1.22. The van der Waals surface area contributed by atoms with Crippen molar-refractivity contribution in [3.63, 3.8) is 0 Å². The molecule has 1 fully saturated rings. The molecule has 4 nitrogen and oxygen atoms in total. The number of sulfonamides is 1. The third kappa shape index (κ3) is 2.38. The lowest BCUT2D eigenvalue weighted by molar-refractivity contribution is 0.291. The molecule has 1 aromatic rings. The van der Waals surface area contributed by atoms with E-state index >= 15 is 0 Å². The van der Waals surface area contributed by atoms with Crippen LogP contribution in [-0.2, 0) is 16.6 Å². The predicted octanol–water partition coefficient (Wildman–Crippen LogP) is 2.53. The molecule has 0 aromatic carbocycles. The van der Waals surface area contributed by atoms with Crippen molar-refractivity contribution in [2.75, 3.05) is 6.54 Å². The van der Waals surface area contributed by atoms with E-state index in [9.17, 15) is 8.42 Å². The molecule has 0 amide bonds. The van der Waals surface area contributed by atoms with Crippen molar-refractivity contribution in [3.05, 3.63) is 14.7 Å². The summed E-state index contributed by atoms with van der Waals surface area (Å²) in [6, 6.07) is 1.68. The van der Waals surface area contributed by atoms with Crippen LogP contribution in [0.25, 0.3) is 0 Å². The Hall–Kier alpha value is 0.0500. The lowest BCUT2D eigenvalue weighted by atomic mass is 10.0. The van der Waals surface area contributed by atoms with Crippen molar-refractivity contribution in [3.8, 4) is 0 Å². The van der Waals surface area contributed by atoms with E-state index in [-0.39, 0.29) is 5.54 Å². The average molecular weight is 353 g/mol. The molecule has 102 valence electrons. The highest BCUT2D eigenvalue weighted by Gasteiger charge is 2.41. The second-order valence-electron chi connectivity index (χ2n) is 5.05. The summed E-state index contributed by atoms with van der Waals surface area (Å²) in [5.41, 5.74) is 5.26. The minimum absolute atomic E-state index is 0.302. The molecular formula is C11H17BrN2O2S2. The maximum Gasteiger partial charge on any atom is 0.245 e. The first-order valence-electron chi connectivity index (χ1n) is 5.80. The van der Waals surface area contributed by atoms with Crippen molar-refractivity contribution in [2.45, 2.75) is 43.7 Å². The van der Waals surface area contributed by atoms with Gasteiger partial charge in [-0.1, -0.05) is 0 Å². The van der Waals surface area contributed by atoms with Crippen LogP contribution in [0.5, 0.6) is 0 Å². The fraction of sp³-hybridized carbons (Fsp3) is 0.636. The van der Waals surface area contributed by atoms with E-state index in [1.807, 2.05) is 13.8 Å². The SMILES string of the molecule is CC1(C)CCCN1S(=O)(=O)c1cc(CN)sc1Br. The third-order valence-electron chi connectivity index (χ3n) is 3.30. The molecule has 1 saturated heterocycles. The first-order chi connectivity index (χ1) is 8.29. The van der Waals surface area contributed by atoms with Gasteiger partial charge in [0.15, 0.2) is 0 Å². The molecule has 1 aromatic heterocycles. The molecule has 0 aliphatic carbocycles. The second-order valence-corrected chi connectivity index (χ2v) is 9.33. The van der Waals surface area contributed by atoms with Crippen LogP contribution in [0.3, 0.4) is 0 Å². The van der Waals surface area contributed by atoms with Crippen molar-refractivity contribution in [2.24, 2.45) is 5.73 Å². The van der Waals surface area contributed by atoms with Crippen LogP contribution in [0.1, 0.15) is 31.6 Å². The maximum absolute atomic E-state index is 12.7. The fourth-order valence-electron chi connectivity index (χ4n) is 2.32. The van der Waals surface area contributed by atoms with Gasteiger partial charge in [0.1, 0.15) is 4.90 Å². The highest BCUT2D eigenvalue weighted by molar-refractivity contribution is 9.11. The Kier molecular flexibility index (Phi) is 3.91. The van der Waals surface area contributed by atoms with Gasteiger partial charge in [0.25, 0.3) is 0 Å². The molecule has 2 rings (SSSR count). The summed E-state index contributed by atoms with van der Waals surface area (Å²) in [5.74, 6) is 0. The lowest BCUT2D eigenvalue weighted by Gasteiger charge is -2.30. The topological polar surface area (TPSA) is 63.4 Å². The number of halogens is 1. The van der Waals surface area contributed by atoms with Crippen LogP contribution in [-0.4, -0.2) is 24.8 Å². The van der Waals surface area contributed by atoms with Crippen LogP contribution < -0.4 is 5.73 Å². The first-order valence-corrected chi connectivity index (χ1v) is 8.85. The predicted molar refractivity (Wildman–Crippen MR) is 77.1 cm³/mol. The van der Waals surface area contributed by atoms with Gasteiger partial charge in [-0.2, -0.15) is 4.31 Å². The quantitative estimate of drug-likeness (QED) is 0.908. The largest absolute Gasteiger partial charge is 0.326 e. The summed E-state index contributed by atoms with van der Waals surface area (Å²) in [5, 5.41) is 0. The van der Waals surface area contributed by atoms with Gasteiger partial charge in [-0.15, -0.1) is 11.3 Å². The Bertz CT molecular complexity index is 551. The highest BCUT2D eigenvalue weighted by Crippen LogP contribution is 2.39. The van der Waals surface area contributed by atoms with Crippen molar-refractivity contribution >= 4 is 37.3 Å². The molecule has 0 atom stereocenters. The Morgan fingerprint density at radius 2 is 2.22 bits per heavy atom. The monoisotopic (exact) mass is 352 g/mol. The summed E-state index contributed by atoms with van der Waals surface area (Å²) < 4.78 is 27.6. The first kappa shape index (κ1) is 14.5. The number of rotatable bonds is 3.